The van der Waals surface area contributed by atoms with E-state index in [1.165, 1.54) is 0 Å². The highest BCUT2D eigenvalue weighted by atomic mass is 32.2. The lowest BCUT2D eigenvalue weighted by atomic mass is 10.5. The summed E-state index contributed by atoms with van der Waals surface area (Å²) in [6.45, 7) is 3.89. The predicted octanol–water partition coefficient (Wildman–Crippen LogP) is 1.94. The SMILES string of the molecule is CC(C)[S+]([O-])Cc1ccco1. The average molecular weight is 172 g/mol. The first-order valence-electron chi connectivity index (χ1n) is 3.59. The van der Waals surface area contributed by atoms with Crippen LogP contribution in [-0.4, -0.2) is 9.80 Å². The largest absolute Gasteiger partial charge is 0.616 e. The molecule has 1 heterocycles. The van der Waals surface area contributed by atoms with Crippen molar-refractivity contribution in [3.05, 3.63) is 24.2 Å². The topological polar surface area (TPSA) is 36.2 Å². The van der Waals surface area contributed by atoms with Gasteiger partial charge in [-0.2, -0.15) is 0 Å². The molecule has 0 aromatic carbocycles. The van der Waals surface area contributed by atoms with Crippen LogP contribution >= 0.6 is 0 Å². The number of hydrogen-bond acceptors (Lipinski definition) is 2. The Hall–Kier alpha value is -0.410. The van der Waals surface area contributed by atoms with Crippen molar-refractivity contribution >= 4 is 11.2 Å². The van der Waals surface area contributed by atoms with Crippen molar-refractivity contribution in [1.82, 2.24) is 0 Å². The Balaban J connectivity index is 2.43. The third-order valence-electron chi connectivity index (χ3n) is 1.39. The standard InChI is InChI=1S/C8H12O2S/c1-7(2)11(9)6-8-4-3-5-10-8/h3-5,7H,6H2,1-2H3. The highest BCUT2D eigenvalue weighted by Crippen LogP contribution is 2.10. The van der Waals surface area contributed by atoms with Gasteiger partial charge in [-0.25, -0.2) is 0 Å². The highest BCUT2D eigenvalue weighted by molar-refractivity contribution is 7.91. The van der Waals surface area contributed by atoms with Crippen LogP contribution in [-0.2, 0) is 16.9 Å². The summed E-state index contributed by atoms with van der Waals surface area (Å²) in [7, 11) is 0. The number of furan rings is 1. The molecule has 0 aliphatic heterocycles. The first kappa shape index (κ1) is 8.68. The van der Waals surface area contributed by atoms with E-state index in [-0.39, 0.29) is 5.25 Å². The van der Waals surface area contributed by atoms with Crippen LogP contribution in [0.4, 0.5) is 0 Å². The van der Waals surface area contributed by atoms with Crippen LogP contribution in [0.2, 0.25) is 0 Å². The zero-order chi connectivity index (χ0) is 8.27. The van der Waals surface area contributed by atoms with Crippen LogP contribution in [0.25, 0.3) is 0 Å². The molecule has 0 fully saturated rings. The van der Waals surface area contributed by atoms with Gasteiger partial charge in [-0.3, -0.25) is 0 Å². The summed E-state index contributed by atoms with van der Waals surface area (Å²) in [6, 6.07) is 3.66. The number of rotatable bonds is 3. The quantitative estimate of drug-likeness (QED) is 0.653. The maximum absolute atomic E-state index is 11.3. The second-order valence-electron chi connectivity index (χ2n) is 2.65. The van der Waals surface area contributed by atoms with Gasteiger partial charge in [0.1, 0.15) is 5.25 Å². The molecule has 0 spiro atoms. The van der Waals surface area contributed by atoms with Gasteiger partial charge in [0.05, 0.1) is 6.26 Å². The Bertz CT molecular complexity index is 194. The fourth-order valence-electron chi connectivity index (χ4n) is 0.702. The van der Waals surface area contributed by atoms with Gasteiger partial charge in [-0.05, 0) is 37.2 Å². The third kappa shape index (κ3) is 2.60. The average Bonchev–Trinajstić information content (AvgIpc) is 2.39. The minimum absolute atomic E-state index is 0.208. The van der Waals surface area contributed by atoms with Crippen molar-refractivity contribution in [1.29, 1.82) is 0 Å². The molecule has 1 unspecified atom stereocenters. The van der Waals surface area contributed by atoms with Crippen LogP contribution in [0.3, 0.4) is 0 Å². The molecule has 0 aliphatic rings. The van der Waals surface area contributed by atoms with E-state index in [1.54, 1.807) is 6.26 Å². The molecule has 0 saturated carbocycles. The fourth-order valence-corrected chi connectivity index (χ4v) is 1.48. The monoisotopic (exact) mass is 172 g/mol. The van der Waals surface area contributed by atoms with Crippen molar-refractivity contribution in [2.75, 3.05) is 0 Å². The fraction of sp³-hybridized carbons (Fsp3) is 0.500. The maximum Gasteiger partial charge on any atom is 0.163 e. The van der Waals surface area contributed by atoms with Gasteiger partial charge in [0.15, 0.2) is 11.5 Å². The van der Waals surface area contributed by atoms with Crippen molar-refractivity contribution in [3.63, 3.8) is 0 Å². The second kappa shape index (κ2) is 3.83. The minimum atomic E-state index is -0.795. The van der Waals surface area contributed by atoms with E-state index in [0.29, 0.717) is 5.75 Å². The van der Waals surface area contributed by atoms with Gasteiger partial charge in [-0.1, -0.05) is 0 Å². The van der Waals surface area contributed by atoms with E-state index in [1.807, 2.05) is 26.0 Å². The molecule has 62 valence electrons. The zero-order valence-electron chi connectivity index (χ0n) is 6.74. The van der Waals surface area contributed by atoms with Crippen molar-refractivity contribution in [2.45, 2.75) is 24.9 Å². The zero-order valence-corrected chi connectivity index (χ0v) is 7.56. The Morgan fingerprint density at radius 3 is 2.82 bits per heavy atom. The van der Waals surface area contributed by atoms with Crippen LogP contribution in [0, 0.1) is 0 Å². The second-order valence-corrected chi connectivity index (χ2v) is 4.65. The van der Waals surface area contributed by atoms with E-state index in [9.17, 15) is 4.55 Å². The molecule has 3 heteroatoms. The maximum atomic E-state index is 11.3. The normalized spacial score (nSPS) is 13.8. The first-order valence-corrected chi connectivity index (χ1v) is 4.98. The smallest absolute Gasteiger partial charge is 0.163 e. The van der Waals surface area contributed by atoms with Gasteiger partial charge < -0.3 is 8.97 Å². The molecular formula is C8H12O2S. The van der Waals surface area contributed by atoms with E-state index >= 15 is 0 Å². The molecule has 0 bridgehead atoms. The van der Waals surface area contributed by atoms with Gasteiger partial charge in [-0.15, -0.1) is 0 Å². The molecular weight excluding hydrogens is 160 g/mol. The van der Waals surface area contributed by atoms with Gasteiger partial charge in [0.2, 0.25) is 0 Å². The van der Waals surface area contributed by atoms with Crippen LogP contribution in [0.5, 0.6) is 0 Å². The van der Waals surface area contributed by atoms with E-state index < -0.39 is 11.2 Å². The lowest BCUT2D eigenvalue weighted by Gasteiger charge is -2.12. The third-order valence-corrected chi connectivity index (χ3v) is 3.01. The molecule has 2 nitrogen and oxygen atoms in total. The van der Waals surface area contributed by atoms with E-state index in [2.05, 4.69) is 0 Å². The molecule has 0 radical (unpaired) electrons. The van der Waals surface area contributed by atoms with Crippen LogP contribution < -0.4 is 0 Å². The summed E-state index contributed by atoms with van der Waals surface area (Å²) in [5.74, 6) is 1.34. The molecule has 0 saturated heterocycles. The molecule has 11 heavy (non-hydrogen) atoms. The van der Waals surface area contributed by atoms with Gasteiger partial charge >= 0.3 is 0 Å². The predicted molar refractivity (Wildman–Crippen MR) is 45.7 cm³/mol. The molecule has 1 atom stereocenters. The lowest BCUT2D eigenvalue weighted by Crippen LogP contribution is -2.15. The van der Waals surface area contributed by atoms with Gasteiger partial charge in [0, 0.05) is 0 Å². The summed E-state index contributed by atoms with van der Waals surface area (Å²) in [6.07, 6.45) is 1.60. The van der Waals surface area contributed by atoms with Crippen molar-refractivity contribution in [3.8, 4) is 0 Å². The summed E-state index contributed by atoms with van der Waals surface area (Å²) in [5.41, 5.74) is 0. The Kier molecular flexibility index (Phi) is 3.02. The summed E-state index contributed by atoms with van der Waals surface area (Å²) in [5, 5.41) is 0.208. The highest BCUT2D eigenvalue weighted by Gasteiger charge is 2.13. The van der Waals surface area contributed by atoms with Crippen LogP contribution in [0.1, 0.15) is 19.6 Å². The Morgan fingerprint density at radius 2 is 2.36 bits per heavy atom. The van der Waals surface area contributed by atoms with Crippen molar-refractivity contribution in [2.24, 2.45) is 0 Å². The molecule has 1 rings (SSSR count). The van der Waals surface area contributed by atoms with Crippen LogP contribution in [0.15, 0.2) is 22.8 Å². The first-order chi connectivity index (χ1) is 5.20. The molecule has 1 aromatic rings. The Labute approximate surface area is 69.8 Å². The molecule has 0 amide bonds. The Morgan fingerprint density at radius 1 is 1.64 bits per heavy atom. The van der Waals surface area contributed by atoms with Crippen molar-refractivity contribution < 1.29 is 8.97 Å². The lowest BCUT2D eigenvalue weighted by molar-refractivity contribution is 0.518. The van der Waals surface area contributed by atoms with E-state index in [4.69, 9.17) is 4.42 Å². The number of hydrogen-bond donors (Lipinski definition) is 0. The summed E-state index contributed by atoms with van der Waals surface area (Å²) in [4.78, 5) is 0. The summed E-state index contributed by atoms with van der Waals surface area (Å²) >= 11 is -0.795. The molecule has 0 aliphatic carbocycles. The summed E-state index contributed by atoms with van der Waals surface area (Å²) < 4.78 is 16.3. The van der Waals surface area contributed by atoms with Gasteiger partial charge in [0.25, 0.3) is 0 Å². The molecule has 0 N–H and O–H groups in total. The minimum Gasteiger partial charge on any atom is -0.616 e. The van der Waals surface area contributed by atoms with E-state index in [0.717, 1.165) is 5.76 Å². The molecule has 1 aromatic heterocycles.